The number of Topliss-reactive ketones (excluding diaryl/α,β-unsaturated/α-hetero) is 1. The molecule has 2 aromatic heterocycles. The number of halogens is 1. The van der Waals surface area contributed by atoms with Gasteiger partial charge in [-0.1, -0.05) is 18.2 Å². The lowest BCUT2D eigenvalue weighted by atomic mass is 10.1. The Labute approximate surface area is 161 Å². The normalized spacial score (nSPS) is 10.8. The third kappa shape index (κ3) is 4.34. The molecule has 0 unspecified atom stereocenters. The summed E-state index contributed by atoms with van der Waals surface area (Å²) in [4.78, 5) is 25.8. The largest absolute Gasteiger partial charge is 0.454 e. The van der Waals surface area contributed by atoms with Gasteiger partial charge in [0.1, 0.15) is 5.82 Å². The number of ketones is 1. The van der Waals surface area contributed by atoms with Crippen molar-refractivity contribution < 1.29 is 18.7 Å². The van der Waals surface area contributed by atoms with Gasteiger partial charge in [-0.15, -0.1) is 11.3 Å². The second kappa shape index (κ2) is 8.31. The summed E-state index contributed by atoms with van der Waals surface area (Å²) >= 11 is 1.71. The molecule has 0 saturated carbocycles. The number of ether oxygens (including phenoxy) is 1. The minimum absolute atomic E-state index is 0.174. The van der Waals surface area contributed by atoms with E-state index in [1.165, 1.54) is 23.1 Å². The molecule has 0 amide bonds. The van der Waals surface area contributed by atoms with Crippen LogP contribution in [0.15, 0.2) is 47.8 Å². The third-order valence-electron chi connectivity index (χ3n) is 4.46. The number of aromatic nitrogens is 1. The molecule has 0 fully saturated rings. The van der Waals surface area contributed by atoms with E-state index >= 15 is 0 Å². The summed E-state index contributed by atoms with van der Waals surface area (Å²) in [6, 6.07) is 11.5. The molecule has 3 rings (SSSR count). The van der Waals surface area contributed by atoms with Crippen molar-refractivity contribution in [3.05, 3.63) is 81.1 Å². The molecule has 2 heterocycles. The highest BCUT2D eigenvalue weighted by molar-refractivity contribution is 7.09. The fourth-order valence-corrected chi connectivity index (χ4v) is 3.72. The molecular formula is C21H20FNO3S. The van der Waals surface area contributed by atoms with Crippen LogP contribution in [0.4, 0.5) is 4.39 Å². The minimum atomic E-state index is -0.840. The fraction of sp³-hybridized carbons (Fsp3) is 0.238. The lowest BCUT2D eigenvalue weighted by molar-refractivity contribution is 0.0470. The predicted molar refractivity (Wildman–Crippen MR) is 103 cm³/mol. The summed E-state index contributed by atoms with van der Waals surface area (Å²) in [7, 11) is 0. The highest BCUT2D eigenvalue weighted by Crippen LogP contribution is 2.18. The SMILES string of the molecule is Cc1cc(C(=O)COC(=O)c2ccccc2F)c(C)n1CCc1cccs1. The van der Waals surface area contributed by atoms with Crippen LogP contribution < -0.4 is 0 Å². The van der Waals surface area contributed by atoms with Gasteiger partial charge in [-0.2, -0.15) is 0 Å². The molecule has 140 valence electrons. The average molecular weight is 385 g/mol. The van der Waals surface area contributed by atoms with Gasteiger partial charge < -0.3 is 9.30 Å². The second-order valence-electron chi connectivity index (χ2n) is 6.24. The van der Waals surface area contributed by atoms with E-state index in [0.717, 1.165) is 24.4 Å². The average Bonchev–Trinajstić information content (AvgIpc) is 3.26. The first-order valence-electron chi connectivity index (χ1n) is 8.61. The monoisotopic (exact) mass is 385 g/mol. The van der Waals surface area contributed by atoms with Gasteiger partial charge in [-0.05, 0) is 49.9 Å². The first kappa shape index (κ1) is 19.0. The van der Waals surface area contributed by atoms with Gasteiger partial charge in [0.25, 0.3) is 0 Å². The number of nitrogens with zero attached hydrogens (tertiary/aromatic N) is 1. The van der Waals surface area contributed by atoms with Gasteiger partial charge >= 0.3 is 5.97 Å². The molecule has 3 aromatic rings. The zero-order chi connectivity index (χ0) is 19.4. The number of benzene rings is 1. The van der Waals surface area contributed by atoms with Crippen molar-refractivity contribution >= 4 is 23.1 Å². The number of hydrogen-bond acceptors (Lipinski definition) is 4. The van der Waals surface area contributed by atoms with Crippen molar-refractivity contribution in [3.8, 4) is 0 Å². The van der Waals surface area contributed by atoms with Crippen LogP contribution in [0, 0.1) is 19.7 Å². The van der Waals surface area contributed by atoms with E-state index in [4.69, 9.17) is 4.74 Å². The molecule has 27 heavy (non-hydrogen) atoms. The lowest BCUT2D eigenvalue weighted by Gasteiger charge is -2.09. The van der Waals surface area contributed by atoms with E-state index in [9.17, 15) is 14.0 Å². The van der Waals surface area contributed by atoms with Gasteiger partial charge in [0.2, 0.25) is 5.78 Å². The molecular weight excluding hydrogens is 365 g/mol. The third-order valence-corrected chi connectivity index (χ3v) is 5.40. The van der Waals surface area contributed by atoms with E-state index in [1.807, 2.05) is 31.4 Å². The van der Waals surface area contributed by atoms with Crippen LogP contribution in [0.2, 0.25) is 0 Å². The fourth-order valence-electron chi connectivity index (χ4n) is 3.02. The molecule has 0 aliphatic carbocycles. The molecule has 0 radical (unpaired) electrons. The van der Waals surface area contributed by atoms with Crippen molar-refractivity contribution in [2.75, 3.05) is 6.61 Å². The van der Waals surface area contributed by atoms with Crippen LogP contribution in [0.25, 0.3) is 0 Å². The highest BCUT2D eigenvalue weighted by atomic mass is 32.1. The molecule has 0 aliphatic rings. The summed E-state index contributed by atoms with van der Waals surface area (Å²) in [5, 5.41) is 2.05. The Kier molecular flexibility index (Phi) is 5.86. The van der Waals surface area contributed by atoms with E-state index in [2.05, 4.69) is 10.6 Å². The van der Waals surface area contributed by atoms with Crippen LogP contribution >= 0.6 is 11.3 Å². The van der Waals surface area contributed by atoms with Crippen molar-refractivity contribution in [1.82, 2.24) is 4.57 Å². The van der Waals surface area contributed by atoms with Gasteiger partial charge in [0.05, 0.1) is 5.56 Å². The summed E-state index contributed by atoms with van der Waals surface area (Å²) < 4.78 is 20.7. The number of esters is 1. The Morgan fingerprint density at radius 3 is 2.59 bits per heavy atom. The Morgan fingerprint density at radius 1 is 1.11 bits per heavy atom. The Bertz CT molecular complexity index is 960. The quantitative estimate of drug-likeness (QED) is 0.442. The predicted octanol–water partition coefficient (Wildman–Crippen LogP) is 4.59. The molecule has 0 saturated heterocycles. The van der Waals surface area contributed by atoms with Crippen LogP contribution in [0.1, 0.15) is 37.0 Å². The number of carbonyl (C=O) groups excluding carboxylic acids is 2. The zero-order valence-electron chi connectivity index (χ0n) is 15.2. The first-order chi connectivity index (χ1) is 13.0. The Balaban J connectivity index is 1.65. The molecule has 1 aromatic carbocycles. The topological polar surface area (TPSA) is 48.3 Å². The van der Waals surface area contributed by atoms with Gasteiger partial charge in [0.15, 0.2) is 6.61 Å². The molecule has 6 heteroatoms. The molecule has 0 spiro atoms. The Morgan fingerprint density at radius 2 is 1.89 bits per heavy atom. The summed E-state index contributed by atoms with van der Waals surface area (Å²) in [6.45, 7) is 4.19. The maximum atomic E-state index is 13.6. The van der Waals surface area contributed by atoms with Crippen LogP contribution in [0.5, 0.6) is 0 Å². The van der Waals surface area contributed by atoms with Gasteiger partial charge in [-0.25, -0.2) is 9.18 Å². The number of aryl methyl sites for hydroxylation is 2. The zero-order valence-corrected chi connectivity index (χ0v) is 16.0. The smallest absolute Gasteiger partial charge is 0.341 e. The van der Waals surface area contributed by atoms with Crippen molar-refractivity contribution in [1.29, 1.82) is 0 Å². The number of carbonyl (C=O) groups is 2. The number of rotatable bonds is 7. The highest BCUT2D eigenvalue weighted by Gasteiger charge is 2.19. The molecule has 4 nitrogen and oxygen atoms in total. The van der Waals surface area contributed by atoms with Crippen molar-refractivity contribution in [2.24, 2.45) is 0 Å². The van der Waals surface area contributed by atoms with E-state index in [-0.39, 0.29) is 11.3 Å². The first-order valence-corrected chi connectivity index (χ1v) is 9.49. The molecule has 0 bridgehead atoms. The van der Waals surface area contributed by atoms with Crippen LogP contribution in [0.3, 0.4) is 0 Å². The van der Waals surface area contributed by atoms with Crippen LogP contribution in [-0.4, -0.2) is 22.9 Å². The van der Waals surface area contributed by atoms with E-state index in [1.54, 1.807) is 17.4 Å². The van der Waals surface area contributed by atoms with E-state index in [0.29, 0.717) is 5.56 Å². The number of thiophene rings is 1. The molecule has 0 atom stereocenters. The molecule has 0 aliphatic heterocycles. The second-order valence-corrected chi connectivity index (χ2v) is 7.28. The maximum absolute atomic E-state index is 13.6. The lowest BCUT2D eigenvalue weighted by Crippen LogP contribution is -2.16. The number of hydrogen-bond donors (Lipinski definition) is 0. The standard InChI is InChI=1S/C21H20FNO3S/c1-14-12-18(15(2)23(14)10-9-16-6-5-11-27-16)20(24)13-26-21(25)17-7-3-4-8-19(17)22/h3-8,11-12H,9-10,13H2,1-2H3. The van der Waals surface area contributed by atoms with Crippen LogP contribution in [-0.2, 0) is 17.7 Å². The summed E-state index contributed by atoms with van der Waals surface area (Å²) in [6.07, 6.45) is 0.893. The van der Waals surface area contributed by atoms with Gasteiger partial charge in [-0.3, -0.25) is 4.79 Å². The van der Waals surface area contributed by atoms with Crippen molar-refractivity contribution in [3.63, 3.8) is 0 Å². The summed E-state index contributed by atoms with van der Waals surface area (Å²) in [5.41, 5.74) is 2.18. The minimum Gasteiger partial charge on any atom is -0.454 e. The maximum Gasteiger partial charge on any atom is 0.341 e. The van der Waals surface area contributed by atoms with Gasteiger partial charge in [0, 0.05) is 28.4 Å². The van der Waals surface area contributed by atoms with Crippen molar-refractivity contribution in [2.45, 2.75) is 26.8 Å². The van der Waals surface area contributed by atoms with E-state index < -0.39 is 18.4 Å². The molecule has 0 N–H and O–H groups in total. The Hall–Kier alpha value is -2.73. The summed E-state index contributed by atoms with van der Waals surface area (Å²) in [5.74, 6) is -1.80.